The average molecular weight is 357 g/mol. The van der Waals surface area contributed by atoms with Crippen LogP contribution in [0.4, 0.5) is 8.78 Å². The van der Waals surface area contributed by atoms with Gasteiger partial charge in [0.25, 0.3) is 0 Å². The van der Waals surface area contributed by atoms with E-state index in [2.05, 4.69) is 12.1 Å². The van der Waals surface area contributed by atoms with E-state index in [1.165, 1.54) is 29.8 Å². The van der Waals surface area contributed by atoms with E-state index in [9.17, 15) is 8.78 Å². The van der Waals surface area contributed by atoms with Crippen LogP contribution < -0.4 is 0 Å². The minimum absolute atomic E-state index is 0.456. The third-order valence-corrected chi connectivity index (χ3v) is 7.95. The summed E-state index contributed by atoms with van der Waals surface area (Å²) in [5, 5.41) is -0.456. The number of rotatable bonds is 2. The molecule has 0 unspecified atom stereocenters. The summed E-state index contributed by atoms with van der Waals surface area (Å²) in [6.45, 7) is 0. The van der Waals surface area contributed by atoms with E-state index in [-0.39, 0.29) is 0 Å². The van der Waals surface area contributed by atoms with Gasteiger partial charge in [-0.25, -0.2) is 8.78 Å². The zero-order valence-corrected chi connectivity index (χ0v) is 14.6. The Morgan fingerprint density at radius 3 is 2.00 bits per heavy atom. The van der Waals surface area contributed by atoms with Gasteiger partial charge in [-0.3, -0.25) is 0 Å². The van der Waals surface area contributed by atoms with Crippen molar-refractivity contribution in [3.8, 4) is 11.1 Å². The van der Waals surface area contributed by atoms with Crippen LogP contribution in [0.15, 0.2) is 36.4 Å². The minimum atomic E-state index is -0.955. The average Bonchev–Trinajstić information content (AvgIpc) is 2.53. The van der Waals surface area contributed by atoms with Crippen molar-refractivity contribution in [3.63, 3.8) is 0 Å². The topological polar surface area (TPSA) is 0 Å². The van der Waals surface area contributed by atoms with E-state index in [1.54, 1.807) is 0 Å². The largest absolute Gasteiger partial charge is 0.205 e. The maximum absolute atomic E-state index is 13.6. The normalized spacial score (nSPS) is 21.8. The van der Waals surface area contributed by atoms with E-state index in [4.69, 9.17) is 22.7 Å². The Morgan fingerprint density at radius 1 is 0.909 bits per heavy atom. The molecule has 0 aromatic heterocycles. The number of hydrogen-bond donors (Lipinski definition) is 0. The molecule has 0 amide bonds. The number of benzene rings is 2. The summed E-state index contributed by atoms with van der Waals surface area (Å²) < 4.78 is 27.1. The molecule has 2 aromatic rings. The molecule has 0 atom stereocenters. The van der Waals surface area contributed by atoms with E-state index in [0.717, 1.165) is 18.4 Å². The van der Waals surface area contributed by atoms with Crippen molar-refractivity contribution in [2.45, 2.75) is 30.8 Å². The minimum Gasteiger partial charge on any atom is -0.205 e. The third-order valence-electron chi connectivity index (χ3n) is 4.36. The number of halogens is 4. The lowest BCUT2D eigenvalue weighted by molar-refractivity contribution is 0.585. The highest BCUT2D eigenvalue weighted by Gasteiger charge is 2.22. The Hall–Kier alpha value is -0.903. The van der Waals surface area contributed by atoms with Gasteiger partial charge < -0.3 is 0 Å². The van der Waals surface area contributed by atoms with Gasteiger partial charge in [0.2, 0.25) is 0 Å². The molecule has 1 fully saturated rings. The molecule has 5 heteroatoms. The Balaban J connectivity index is 1.82. The molecule has 0 spiro atoms. The highest BCUT2D eigenvalue weighted by atomic mass is 35.6. The van der Waals surface area contributed by atoms with Crippen LogP contribution in [0.5, 0.6) is 0 Å². The van der Waals surface area contributed by atoms with Crippen LogP contribution in [0, 0.1) is 11.6 Å². The van der Waals surface area contributed by atoms with Gasteiger partial charge in [-0.15, -0.1) is 0 Å². The zero-order chi connectivity index (χ0) is 15.7. The van der Waals surface area contributed by atoms with Crippen molar-refractivity contribution in [2.24, 2.45) is 0 Å². The van der Waals surface area contributed by atoms with Crippen molar-refractivity contribution in [2.75, 3.05) is 0 Å². The summed E-state index contributed by atoms with van der Waals surface area (Å²) in [4.78, 5) is 0. The van der Waals surface area contributed by atoms with Crippen LogP contribution >= 0.6 is 22.7 Å². The lowest BCUT2D eigenvalue weighted by Gasteiger charge is -2.24. The Labute approximate surface area is 140 Å². The molecule has 1 saturated heterocycles. The second-order valence-electron chi connectivity index (χ2n) is 5.82. The summed E-state index contributed by atoms with van der Waals surface area (Å²) >= 11 is 11.8. The molecule has 0 saturated carbocycles. The van der Waals surface area contributed by atoms with Crippen molar-refractivity contribution < 1.29 is 8.78 Å². The first-order valence-corrected chi connectivity index (χ1v) is 11.2. The predicted octanol–water partition coefficient (Wildman–Crippen LogP) is 6.13. The highest BCUT2D eigenvalue weighted by molar-refractivity contribution is 7.07. The van der Waals surface area contributed by atoms with E-state index < -0.39 is 24.8 Å². The Kier molecular flexibility index (Phi) is 4.86. The number of hydrogen-bond acceptors (Lipinski definition) is 0. The van der Waals surface area contributed by atoms with Gasteiger partial charge in [0, 0.05) is 0 Å². The van der Waals surface area contributed by atoms with Crippen LogP contribution in [-0.4, -0.2) is 8.11 Å². The molecule has 0 N–H and O–H groups in total. The zero-order valence-electron chi connectivity index (χ0n) is 12.0. The molecule has 1 heterocycles. The summed E-state index contributed by atoms with van der Waals surface area (Å²) in [6.07, 6.45) is 2.31. The van der Waals surface area contributed by atoms with E-state index in [0.29, 0.717) is 11.5 Å². The molecule has 0 aliphatic carbocycles. The first-order chi connectivity index (χ1) is 10.5. The maximum Gasteiger partial charge on any atom is 0.145 e. The monoisotopic (exact) mass is 356 g/mol. The third kappa shape index (κ3) is 3.37. The molecule has 3 rings (SSSR count). The molecular formula is C17H16Cl2F2Si. The van der Waals surface area contributed by atoms with Crippen LogP contribution in [0.25, 0.3) is 11.1 Å². The molecule has 1 aliphatic heterocycles. The second kappa shape index (κ2) is 6.69. The highest BCUT2D eigenvalue weighted by Crippen LogP contribution is 2.35. The molecule has 2 aromatic carbocycles. The second-order valence-corrected chi connectivity index (χ2v) is 10.4. The Bertz CT molecular complexity index is 642. The van der Waals surface area contributed by atoms with Crippen LogP contribution in [0.2, 0.25) is 17.1 Å². The molecule has 1 aliphatic rings. The predicted molar refractivity (Wildman–Crippen MR) is 91.4 cm³/mol. The fourth-order valence-electron chi connectivity index (χ4n) is 3.06. The maximum atomic E-state index is 13.6. The van der Waals surface area contributed by atoms with Crippen molar-refractivity contribution in [3.05, 3.63) is 58.6 Å². The lowest BCUT2D eigenvalue weighted by atomic mass is 9.92. The first-order valence-electron chi connectivity index (χ1n) is 7.43. The summed E-state index contributed by atoms with van der Waals surface area (Å²) in [6, 6.07) is 12.9. The fourth-order valence-corrected chi connectivity index (χ4v) is 5.74. The standard InChI is InChI=1S/C17H16Cl2F2Si/c18-17-15(20)9-14(10-16(17)21)12-3-1-11(2-4-12)13-5-7-22(19)8-6-13/h1-4,9-10,13,22H,5-8H2. The van der Waals surface area contributed by atoms with Gasteiger partial charge in [-0.05, 0) is 59.7 Å². The van der Waals surface area contributed by atoms with Gasteiger partial charge in [0.05, 0.1) is 0 Å². The van der Waals surface area contributed by atoms with Gasteiger partial charge in [0.15, 0.2) is 0 Å². The van der Waals surface area contributed by atoms with Gasteiger partial charge in [0.1, 0.15) is 24.8 Å². The molecule has 22 heavy (non-hydrogen) atoms. The fraction of sp³-hybridized carbons (Fsp3) is 0.294. The summed E-state index contributed by atoms with van der Waals surface area (Å²) in [7, 11) is -0.955. The smallest absolute Gasteiger partial charge is 0.145 e. The first kappa shape index (κ1) is 16.0. The van der Waals surface area contributed by atoms with E-state index >= 15 is 0 Å². The quantitative estimate of drug-likeness (QED) is 0.345. The van der Waals surface area contributed by atoms with Gasteiger partial charge in [-0.1, -0.05) is 35.9 Å². The lowest BCUT2D eigenvalue weighted by Crippen LogP contribution is -2.14. The van der Waals surface area contributed by atoms with Gasteiger partial charge in [-0.2, -0.15) is 11.1 Å². The molecule has 0 nitrogen and oxygen atoms in total. The molecule has 0 radical (unpaired) electrons. The molecule has 0 bridgehead atoms. The molecule has 116 valence electrons. The SMILES string of the molecule is Fc1cc(-c2ccc(C3CC[SiH](Cl)CC3)cc2)cc(F)c1Cl. The Morgan fingerprint density at radius 2 is 1.45 bits per heavy atom. The van der Waals surface area contributed by atoms with Gasteiger partial charge >= 0.3 is 0 Å². The van der Waals surface area contributed by atoms with Crippen molar-refractivity contribution in [1.82, 2.24) is 0 Å². The summed E-state index contributed by atoms with van der Waals surface area (Å²) in [5.74, 6) is -0.896. The van der Waals surface area contributed by atoms with Crippen molar-refractivity contribution >= 4 is 30.8 Å². The van der Waals surface area contributed by atoms with Crippen LogP contribution in [-0.2, 0) is 0 Å². The van der Waals surface area contributed by atoms with Crippen LogP contribution in [0.1, 0.15) is 24.3 Å². The molecular weight excluding hydrogens is 341 g/mol. The van der Waals surface area contributed by atoms with Crippen LogP contribution in [0.3, 0.4) is 0 Å². The van der Waals surface area contributed by atoms with E-state index in [1.807, 2.05) is 12.1 Å². The van der Waals surface area contributed by atoms with Crippen molar-refractivity contribution in [1.29, 1.82) is 0 Å². The summed E-state index contributed by atoms with van der Waals surface area (Å²) in [5.41, 5.74) is 2.58.